The second-order valence-corrected chi connectivity index (χ2v) is 3.06. The Bertz CT molecular complexity index is 470. The fourth-order valence-electron chi connectivity index (χ4n) is 1.06. The molecular weight excluding hydrogens is 224 g/mol. The van der Waals surface area contributed by atoms with Crippen LogP contribution in [0, 0.1) is 22.0 Å². The summed E-state index contributed by atoms with van der Waals surface area (Å²) in [5.41, 5.74) is 5.63. The van der Waals surface area contributed by atoms with Gasteiger partial charge in [0.25, 0.3) is 5.69 Å². The number of benzene rings is 1. The fraction of sp³-hybridized carbons (Fsp3) is 0.182. The summed E-state index contributed by atoms with van der Waals surface area (Å²) < 4.78 is 4.41. The highest BCUT2D eigenvalue weighted by Crippen LogP contribution is 2.11. The number of non-ortho nitro benzene ring substituents is 1. The van der Waals surface area contributed by atoms with Gasteiger partial charge in [-0.1, -0.05) is 24.0 Å². The summed E-state index contributed by atoms with van der Waals surface area (Å²) in [6.45, 7) is -0.0533. The topological polar surface area (TPSA) is 95.5 Å². The summed E-state index contributed by atoms with van der Waals surface area (Å²) in [6.07, 6.45) is -0.435. The Morgan fingerprint density at radius 2 is 2.00 bits per heavy atom. The second-order valence-electron chi connectivity index (χ2n) is 3.06. The van der Waals surface area contributed by atoms with E-state index in [0.717, 1.165) is 5.56 Å². The number of rotatable bonds is 3. The minimum Gasteiger partial charge on any atom is -0.437 e. The molecular formula is C11H10N2O4. The van der Waals surface area contributed by atoms with Crippen LogP contribution in [0.1, 0.15) is 5.56 Å². The van der Waals surface area contributed by atoms with Gasteiger partial charge in [-0.15, -0.1) is 0 Å². The van der Waals surface area contributed by atoms with Crippen molar-refractivity contribution in [2.45, 2.75) is 6.42 Å². The zero-order chi connectivity index (χ0) is 12.7. The summed E-state index contributed by atoms with van der Waals surface area (Å²) in [5.74, 6) is 5.35. The number of nitrogens with two attached hydrogens (primary N) is 1. The lowest BCUT2D eigenvalue weighted by atomic mass is 10.1. The van der Waals surface area contributed by atoms with Crippen molar-refractivity contribution in [2.24, 2.45) is 5.73 Å². The third-order valence-corrected chi connectivity index (χ3v) is 1.85. The van der Waals surface area contributed by atoms with Crippen LogP contribution in [0.2, 0.25) is 0 Å². The normalized spacial score (nSPS) is 8.94. The molecule has 0 unspecified atom stereocenters. The Kier molecular flexibility index (Phi) is 4.51. The minimum absolute atomic E-state index is 0.0405. The van der Waals surface area contributed by atoms with Gasteiger partial charge in [-0.2, -0.15) is 0 Å². The number of carbonyl (C=O) groups is 1. The van der Waals surface area contributed by atoms with Gasteiger partial charge in [-0.05, 0) is 5.56 Å². The number of amides is 1. The Morgan fingerprint density at radius 1 is 1.35 bits per heavy atom. The summed E-state index contributed by atoms with van der Waals surface area (Å²) in [7, 11) is 0. The van der Waals surface area contributed by atoms with Gasteiger partial charge in [0.2, 0.25) is 0 Å². The molecule has 6 nitrogen and oxygen atoms in total. The highest BCUT2D eigenvalue weighted by molar-refractivity contribution is 5.64. The van der Waals surface area contributed by atoms with E-state index in [2.05, 4.69) is 16.6 Å². The monoisotopic (exact) mass is 234 g/mol. The molecule has 0 heterocycles. The molecule has 17 heavy (non-hydrogen) atoms. The van der Waals surface area contributed by atoms with Gasteiger partial charge >= 0.3 is 6.09 Å². The molecule has 0 atom stereocenters. The van der Waals surface area contributed by atoms with Crippen molar-refractivity contribution in [3.8, 4) is 11.8 Å². The standard InChI is InChI=1S/C11H10N2O4/c12-11(14)17-8-2-1-3-9-4-6-10(7-5-9)13(15)16/h4-7H,3,8H2,(H2,12,14). The highest BCUT2D eigenvalue weighted by atomic mass is 16.6. The lowest BCUT2D eigenvalue weighted by molar-refractivity contribution is -0.384. The number of nitro groups is 1. The molecule has 0 spiro atoms. The van der Waals surface area contributed by atoms with E-state index >= 15 is 0 Å². The van der Waals surface area contributed by atoms with Crippen LogP contribution in [0.4, 0.5) is 10.5 Å². The number of ether oxygens (including phenoxy) is 1. The van der Waals surface area contributed by atoms with Gasteiger partial charge in [0.05, 0.1) is 4.92 Å². The summed E-state index contributed by atoms with van der Waals surface area (Å²) in [5, 5.41) is 10.4. The maximum absolute atomic E-state index is 10.4. The number of nitrogens with zero attached hydrogens (tertiary/aromatic N) is 1. The SMILES string of the molecule is NC(=O)OCC#CCc1ccc([N+](=O)[O-])cc1. The quantitative estimate of drug-likeness (QED) is 0.483. The van der Waals surface area contributed by atoms with E-state index in [1.54, 1.807) is 12.1 Å². The first-order valence-electron chi connectivity index (χ1n) is 4.71. The van der Waals surface area contributed by atoms with Crippen LogP contribution < -0.4 is 5.73 Å². The largest absolute Gasteiger partial charge is 0.437 e. The molecule has 0 aliphatic heterocycles. The average molecular weight is 234 g/mol. The molecule has 1 rings (SSSR count). The van der Waals surface area contributed by atoms with Crippen molar-refractivity contribution < 1.29 is 14.5 Å². The Morgan fingerprint density at radius 3 is 2.53 bits per heavy atom. The van der Waals surface area contributed by atoms with E-state index in [-0.39, 0.29) is 12.3 Å². The molecule has 1 aromatic carbocycles. The lowest BCUT2D eigenvalue weighted by Crippen LogP contribution is -2.12. The van der Waals surface area contributed by atoms with E-state index < -0.39 is 11.0 Å². The van der Waals surface area contributed by atoms with Gasteiger partial charge in [-0.3, -0.25) is 10.1 Å². The van der Waals surface area contributed by atoms with Crippen molar-refractivity contribution >= 4 is 11.8 Å². The maximum Gasteiger partial charge on any atom is 0.405 e. The first kappa shape index (κ1) is 12.5. The van der Waals surface area contributed by atoms with Gasteiger partial charge in [0.15, 0.2) is 6.61 Å². The van der Waals surface area contributed by atoms with E-state index in [0.29, 0.717) is 6.42 Å². The van der Waals surface area contributed by atoms with Crippen LogP contribution in [0.25, 0.3) is 0 Å². The third kappa shape index (κ3) is 4.66. The fourth-order valence-corrected chi connectivity index (χ4v) is 1.06. The average Bonchev–Trinajstić information content (AvgIpc) is 2.29. The Labute approximate surface area is 97.5 Å². The van der Waals surface area contributed by atoms with Crippen molar-refractivity contribution in [2.75, 3.05) is 6.61 Å². The molecule has 0 bridgehead atoms. The number of hydrogen-bond donors (Lipinski definition) is 1. The van der Waals surface area contributed by atoms with E-state index in [9.17, 15) is 14.9 Å². The predicted octanol–water partition coefficient (Wildman–Crippen LogP) is 1.24. The van der Waals surface area contributed by atoms with Gasteiger partial charge in [-0.25, -0.2) is 4.79 Å². The second kappa shape index (κ2) is 6.12. The van der Waals surface area contributed by atoms with Gasteiger partial charge < -0.3 is 10.5 Å². The van der Waals surface area contributed by atoms with Crippen molar-refractivity contribution in [1.82, 2.24) is 0 Å². The first-order valence-corrected chi connectivity index (χ1v) is 4.71. The molecule has 2 N–H and O–H groups in total. The Balaban J connectivity index is 2.47. The van der Waals surface area contributed by atoms with Crippen LogP contribution in [0.15, 0.2) is 24.3 Å². The van der Waals surface area contributed by atoms with Crippen molar-refractivity contribution in [3.05, 3.63) is 39.9 Å². The molecule has 0 aliphatic rings. The highest BCUT2D eigenvalue weighted by Gasteiger charge is 2.02. The molecule has 0 aliphatic carbocycles. The number of hydrogen-bond acceptors (Lipinski definition) is 4. The molecule has 0 fully saturated rings. The first-order chi connectivity index (χ1) is 8.09. The molecule has 0 saturated carbocycles. The third-order valence-electron chi connectivity index (χ3n) is 1.85. The zero-order valence-electron chi connectivity index (χ0n) is 8.88. The van der Waals surface area contributed by atoms with Crippen molar-refractivity contribution in [1.29, 1.82) is 0 Å². The van der Waals surface area contributed by atoms with Crippen LogP contribution in [-0.2, 0) is 11.2 Å². The molecule has 0 saturated heterocycles. The van der Waals surface area contributed by atoms with Crippen molar-refractivity contribution in [3.63, 3.8) is 0 Å². The summed E-state index contributed by atoms with van der Waals surface area (Å²) in [4.78, 5) is 20.1. The van der Waals surface area contributed by atoms with E-state index in [1.165, 1.54) is 12.1 Å². The smallest absolute Gasteiger partial charge is 0.405 e. The van der Waals surface area contributed by atoms with Crippen LogP contribution in [-0.4, -0.2) is 17.6 Å². The molecule has 88 valence electrons. The molecule has 0 aromatic heterocycles. The van der Waals surface area contributed by atoms with Crippen LogP contribution in [0.3, 0.4) is 0 Å². The number of carbonyl (C=O) groups excluding carboxylic acids is 1. The summed E-state index contributed by atoms with van der Waals surface area (Å²) >= 11 is 0. The van der Waals surface area contributed by atoms with E-state index in [1.807, 2.05) is 0 Å². The van der Waals surface area contributed by atoms with Crippen LogP contribution in [0.5, 0.6) is 0 Å². The summed E-state index contributed by atoms with van der Waals surface area (Å²) in [6, 6.07) is 6.08. The zero-order valence-corrected chi connectivity index (χ0v) is 8.88. The molecule has 0 radical (unpaired) electrons. The Hall–Kier alpha value is -2.55. The minimum atomic E-state index is -0.866. The number of primary amides is 1. The predicted molar refractivity (Wildman–Crippen MR) is 60.1 cm³/mol. The van der Waals surface area contributed by atoms with Gasteiger partial charge in [0.1, 0.15) is 0 Å². The molecule has 6 heteroatoms. The molecule has 1 amide bonds. The maximum atomic E-state index is 10.4. The van der Waals surface area contributed by atoms with E-state index in [4.69, 9.17) is 5.73 Å². The number of nitro benzene ring substituents is 1. The molecule has 1 aromatic rings. The van der Waals surface area contributed by atoms with Gasteiger partial charge in [0, 0.05) is 18.6 Å². The lowest BCUT2D eigenvalue weighted by Gasteiger charge is -1.94. The van der Waals surface area contributed by atoms with Crippen LogP contribution >= 0.6 is 0 Å².